The van der Waals surface area contributed by atoms with Crippen LogP contribution in [0.25, 0.3) is 22.3 Å². The minimum Gasteiger partial charge on any atom is -0.486 e. The fraction of sp³-hybridized carbons (Fsp3) is 0.412. The Kier molecular flexibility index (Phi) is 8.44. The molecule has 0 amide bonds. The molecule has 2 saturated carbocycles. The van der Waals surface area contributed by atoms with Gasteiger partial charge in [0, 0.05) is 11.1 Å². The highest BCUT2D eigenvalue weighted by Crippen LogP contribution is 2.45. The quantitative estimate of drug-likeness (QED) is 0.216. The molecule has 0 saturated heterocycles. The van der Waals surface area contributed by atoms with Crippen LogP contribution in [0.2, 0.25) is 0 Å². The van der Waals surface area contributed by atoms with Crippen LogP contribution in [-0.4, -0.2) is 6.61 Å². The van der Waals surface area contributed by atoms with Crippen LogP contribution >= 0.6 is 0 Å². The van der Waals surface area contributed by atoms with Crippen molar-refractivity contribution in [3.05, 3.63) is 90.0 Å². The number of hydrogen-bond acceptors (Lipinski definition) is 1. The van der Waals surface area contributed by atoms with Gasteiger partial charge in [-0.05, 0) is 91.0 Å². The predicted octanol–water partition coefficient (Wildman–Crippen LogP) is 10.2. The highest BCUT2D eigenvalue weighted by molar-refractivity contribution is 5.72. The Hall–Kier alpha value is -3.08. The van der Waals surface area contributed by atoms with Crippen molar-refractivity contribution < 1.29 is 22.3 Å². The third-order valence-electron chi connectivity index (χ3n) is 8.96. The molecule has 0 heterocycles. The van der Waals surface area contributed by atoms with Gasteiger partial charge in [0.05, 0.1) is 0 Å². The summed E-state index contributed by atoms with van der Waals surface area (Å²) >= 11 is 0. The largest absolute Gasteiger partial charge is 0.486 e. The summed E-state index contributed by atoms with van der Waals surface area (Å²) in [6.45, 7) is 5.89. The summed E-state index contributed by atoms with van der Waals surface area (Å²) in [7, 11) is 0. The van der Waals surface area contributed by atoms with Crippen molar-refractivity contribution in [1.82, 2.24) is 0 Å². The zero-order valence-corrected chi connectivity index (χ0v) is 22.5. The smallest absolute Gasteiger partial charge is 0.201 e. The van der Waals surface area contributed by atoms with E-state index in [0.29, 0.717) is 22.6 Å². The molecule has 3 aromatic rings. The molecule has 0 radical (unpaired) electrons. The molecule has 0 bridgehead atoms. The summed E-state index contributed by atoms with van der Waals surface area (Å²) in [5, 5.41) is 0. The van der Waals surface area contributed by atoms with E-state index in [9.17, 15) is 8.78 Å². The van der Waals surface area contributed by atoms with E-state index in [2.05, 4.69) is 13.5 Å². The molecule has 0 atom stereocenters. The molecule has 0 N–H and O–H groups in total. The molecule has 3 aromatic carbocycles. The maximum atomic E-state index is 15.3. The molecule has 0 unspecified atom stereocenters. The summed E-state index contributed by atoms with van der Waals surface area (Å²) < 4.78 is 64.8. The Morgan fingerprint density at radius 2 is 1.18 bits per heavy atom. The van der Waals surface area contributed by atoms with Crippen LogP contribution in [-0.2, 0) is 0 Å². The number of hydrogen-bond donors (Lipinski definition) is 0. The fourth-order valence-electron chi connectivity index (χ4n) is 6.61. The second-order valence-electron chi connectivity index (χ2n) is 11.4. The lowest BCUT2D eigenvalue weighted by Crippen LogP contribution is -2.25. The second kappa shape index (κ2) is 12.0. The van der Waals surface area contributed by atoms with E-state index in [4.69, 9.17) is 4.74 Å². The summed E-state index contributed by atoms with van der Waals surface area (Å²) in [5.41, 5.74) is 1.59. The number of benzene rings is 3. The Bertz CT molecular complexity index is 1300. The standard InChI is InChI=1S/C34H36F4O/c1-3-20-39-30-19-18-29(33(37)34(30)38)26-14-12-25(13-15-26)28-17-16-27(31(35)32(28)36)24-10-8-23(9-11-24)22-6-4-21(2)5-7-22/h3,12-19,21-24H,1,4-11,20H2,2H3. The van der Waals surface area contributed by atoms with Crippen molar-refractivity contribution in [2.24, 2.45) is 17.8 Å². The highest BCUT2D eigenvalue weighted by Gasteiger charge is 2.32. The van der Waals surface area contributed by atoms with Crippen molar-refractivity contribution in [1.29, 1.82) is 0 Å². The molecule has 206 valence electrons. The van der Waals surface area contributed by atoms with Gasteiger partial charge >= 0.3 is 0 Å². The van der Waals surface area contributed by atoms with E-state index in [1.165, 1.54) is 43.9 Å². The van der Waals surface area contributed by atoms with Crippen LogP contribution in [0.15, 0.2) is 61.2 Å². The SMILES string of the molecule is C=CCOc1ccc(-c2ccc(-c3ccc(C4CCC(C5CCC(C)CC5)CC4)c(F)c3F)cc2)c(F)c1F. The average Bonchev–Trinajstić information content (AvgIpc) is 2.96. The van der Waals surface area contributed by atoms with Gasteiger partial charge in [-0.1, -0.05) is 68.8 Å². The van der Waals surface area contributed by atoms with Crippen molar-refractivity contribution >= 4 is 0 Å². The molecular weight excluding hydrogens is 500 g/mol. The molecule has 1 nitrogen and oxygen atoms in total. The summed E-state index contributed by atoms with van der Waals surface area (Å²) in [6, 6.07) is 12.5. The highest BCUT2D eigenvalue weighted by atomic mass is 19.2. The molecular formula is C34H36F4O. The second-order valence-corrected chi connectivity index (χ2v) is 11.4. The molecule has 5 heteroatoms. The summed E-state index contributed by atoms with van der Waals surface area (Å²) in [5.74, 6) is -1.53. The minimum absolute atomic E-state index is 0.0472. The fourth-order valence-corrected chi connectivity index (χ4v) is 6.61. The van der Waals surface area contributed by atoms with E-state index in [-0.39, 0.29) is 29.4 Å². The first-order valence-corrected chi connectivity index (χ1v) is 14.2. The first-order chi connectivity index (χ1) is 18.9. The number of rotatable bonds is 7. The summed E-state index contributed by atoms with van der Waals surface area (Å²) in [6.07, 6.45) is 10.7. The van der Waals surface area contributed by atoms with E-state index >= 15 is 8.78 Å². The van der Waals surface area contributed by atoms with Gasteiger partial charge in [-0.25, -0.2) is 13.2 Å². The van der Waals surface area contributed by atoms with Crippen LogP contribution in [0.3, 0.4) is 0 Å². The third-order valence-corrected chi connectivity index (χ3v) is 8.96. The van der Waals surface area contributed by atoms with Crippen LogP contribution in [0.1, 0.15) is 69.8 Å². The van der Waals surface area contributed by atoms with Gasteiger partial charge < -0.3 is 4.74 Å². The molecule has 2 aliphatic rings. The Labute approximate surface area is 228 Å². The van der Waals surface area contributed by atoms with Gasteiger partial charge in [-0.3, -0.25) is 0 Å². The van der Waals surface area contributed by atoms with Crippen molar-refractivity contribution in [2.45, 2.75) is 64.2 Å². The zero-order valence-electron chi connectivity index (χ0n) is 22.5. The molecule has 5 rings (SSSR count). The third kappa shape index (κ3) is 5.78. The van der Waals surface area contributed by atoms with E-state index in [0.717, 1.165) is 37.5 Å². The van der Waals surface area contributed by atoms with Crippen LogP contribution in [0, 0.1) is 41.0 Å². The molecule has 39 heavy (non-hydrogen) atoms. The number of halogens is 4. The number of ether oxygens (including phenoxy) is 1. The maximum absolute atomic E-state index is 15.3. The molecule has 0 spiro atoms. The minimum atomic E-state index is -1.08. The predicted molar refractivity (Wildman–Crippen MR) is 149 cm³/mol. The average molecular weight is 537 g/mol. The topological polar surface area (TPSA) is 9.23 Å². The van der Waals surface area contributed by atoms with Gasteiger partial charge in [0.15, 0.2) is 23.2 Å². The van der Waals surface area contributed by atoms with Gasteiger partial charge in [0.2, 0.25) is 5.82 Å². The molecule has 2 fully saturated rings. The molecule has 0 aromatic heterocycles. The maximum Gasteiger partial charge on any atom is 0.201 e. The van der Waals surface area contributed by atoms with Gasteiger partial charge in [-0.15, -0.1) is 0 Å². The first kappa shape index (κ1) is 27.5. The normalized spacial score (nSPS) is 23.4. The first-order valence-electron chi connectivity index (χ1n) is 14.2. The lowest BCUT2D eigenvalue weighted by Gasteiger charge is -2.37. The molecule has 2 aliphatic carbocycles. The van der Waals surface area contributed by atoms with Gasteiger partial charge in [-0.2, -0.15) is 4.39 Å². The van der Waals surface area contributed by atoms with Crippen LogP contribution < -0.4 is 4.74 Å². The van der Waals surface area contributed by atoms with Crippen LogP contribution in [0.5, 0.6) is 5.75 Å². The Balaban J connectivity index is 1.29. The van der Waals surface area contributed by atoms with Crippen LogP contribution in [0.4, 0.5) is 17.6 Å². The van der Waals surface area contributed by atoms with Gasteiger partial charge in [0.25, 0.3) is 0 Å². The lowest BCUT2D eigenvalue weighted by atomic mass is 9.68. The Morgan fingerprint density at radius 1 is 0.667 bits per heavy atom. The lowest BCUT2D eigenvalue weighted by molar-refractivity contribution is 0.164. The molecule has 0 aliphatic heterocycles. The summed E-state index contributed by atoms with van der Waals surface area (Å²) in [4.78, 5) is 0. The van der Waals surface area contributed by atoms with Crippen molar-refractivity contribution in [2.75, 3.05) is 6.61 Å². The van der Waals surface area contributed by atoms with E-state index in [1.807, 2.05) is 0 Å². The zero-order chi connectivity index (χ0) is 27.5. The van der Waals surface area contributed by atoms with E-state index in [1.54, 1.807) is 36.4 Å². The monoisotopic (exact) mass is 536 g/mol. The van der Waals surface area contributed by atoms with Crippen molar-refractivity contribution in [3.63, 3.8) is 0 Å². The van der Waals surface area contributed by atoms with E-state index < -0.39 is 23.3 Å². The van der Waals surface area contributed by atoms with Crippen molar-refractivity contribution in [3.8, 4) is 28.0 Å². The van der Waals surface area contributed by atoms with Gasteiger partial charge in [0.1, 0.15) is 6.61 Å². The Morgan fingerprint density at radius 3 is 1.74 bits per heavy atom.